The standard InChI is InChI=1S/C14H10ClN5/c15-9-7-10(17)14(18-8-9)20-12-4-2-1-3-11(12)19-13(20)5-6-16/h1-4,7-8H,5,17H2. The Labute approximate surface area is 120 Å². The van der Waals surface area contributed by atoms with Crippen molar-refractivity contribution in [3.05, 3.63) is 47.4 Å². The molecule has 98 valence electrons. The average Bonchev–Trinajstić information content (AvgIpc) is 2.78. The molecular weight excluding hydrogens is 274 g/mol. The largest absolute Gasteiger partial charge is 0.396 e. The molecule has 2 N–H and O–H groups in total. The highest BCUT2D eigenvalue weighted by molar-refractivity contribution is 6.30. The van der Waals surface area contributed by atoms with E-state index in [-0.39, 0.29) is 6.42 Å². The molecule has 5 nitrogen and oxygen atoms in total. The smallest absolute Gasteiger partial charge is 0.162 e. The highest BCUT2D eigenvalue weighted by Gasteiger charge is 2.15. The van der Waals surface area contributed by atoms with Crippen LogP contribution >= 0.6 is 11.6 Å². The van der Waals surface area contributed by atoms with Gasteiger partial charge in [-0.15, -0.1) is 0 Å². The van der Waals surface area contributed by atoms with Crippen LogP contribution in [0.2, 0.25) is 5.02 Å². The van der Waals surface area contributed by atoms with Gasteiger partial charge in [0.05, 0.1) is 34.2 Å². The van der Waals surface area contributed by atoms with Crippen molar-refractivity contribution in [3.8, 4) is 11.9 Å². The van der Waals surface area contributed by atoms with E-state index in [0.717, 1.165) is 11.0 Å². The van der Waals surface area contributed by atoms with E-state index >= 15 is 0 Å². The number of halogens is 1. The summed E-state index contributed by atoms with van der Waals surface area (Å²) in [6.07, 6.45) is 1.70. The minimum absolute atomic E-state index is 0.179. The van der Waals surface area contributed by atoms with Gasteiger partial charge >= 0.3 is 0 Å². The molecule has 20 heavy (non-hydrogen) atoms. The SMILES string of the molecule is N#CCc1nc2ccccc2n1-c1ncc(Cl)cc1N. The van der Waals surface area contributed by atoms with Gasteiger partial charge in [0.15, 0.2) is 5.82 Å². The first-order valence-corrected chi connectivity index (χ1v) is 6.33. The van der Waals surface area contributed by atoms with Crippen LogP contribution in [0.3, 0.4) is 0 Å². The van der Waals surface area contributed by atoms with Crippen LogP contribution in [0.5, 0.6) is 0 Å². The van der Waals surface area contributed by atoms with Gasteiger partial charge in [-0.05, 0) is 18.2 Å². The first-order valence-electron chi connectivity index (χ1n) is 5.95. The van der Waals surface area contributed by atoms with Crippen molar-refractivity contribution >= 4 is 28.3 Å². The van der Waals surface area contributed by atoms with Crippen molar-refractivity contribution in [2.75, 3.05) is 5.73 Å². The molecule has 0 aliphatic carbocycles. The number of imidazole rings is 1. The summed E-state index contributed by atoms with van der Waals surface area (Å²) in [5.41, 5.74) is 8.09. The second-order valence-electron chi connectivity index (χ2n) is 4.25. The van der Waals surface area contributed by atoms with Gasteiger partial charge in [-0.1, -0.05) is 23.7 Å². The van der Waals surface area contributed by atoms with Crippen LogP contribution in [-0.2, 0) is 6.42 Å². The van der Waals surface area contributed by atoms with Crippen molar-refractivity contribution in [1.29, 1.82) is 5.26 Å². The van der Waals surface area contributed by atoms with Crippen LogP contribution in [-0.4, -0.2) is 14.5 Å². The molecule has 0 saturated heterocycles. The molecule has 0 unspecified atom stereocenters. The molecule has 0 aliphatic rings. The van der Waals surface area contributed by atoms with Gasteiger partial charge in [0.2, 0.25) is 0 Å². The van der Waals surface area contributed by atoms with Gasteiger partial charge in [0.25, 0.3) is 0 Å². The molecular formula is C14H10ClN5. The van der Waals surface area contributed by atoms with Crippen LogP contribution in [0, 0.1) is 11.3 Å². The van der Waals surface area contributed by atoms with E-state index in [2.05, 4.69) is 16.0 Å². The zero-order valence-electron chi connectivity index (χ0n) is 10.4. The fourth-order valence-corrected chi connectivity index (χ4v) is 2.30. The molecule has 0 aliphatic heterocycles. The summed E-state index contributed by atoms with van der Waals surface area (Å²) in [5.74, 6) is 1.14. The molecule has 0 amide bonds. The predicted molar refractivity (Wildman–Crippen MR) is 77.6 cm³/mol. The number of nitrogens with zero attached hydrogens (tertiary/aromatic N) is 4. The zero-order valence-corrected chi connectivity index (χ0v) is 11.2. The van der Waals surface area contributed by atoms with Crippen LogP contribution in [0.1, 0.15) is 5.82 Å². The van der Waals surface area contributed by atoms with Crippen molar-refractivity contribution in [2.24, 2.45) is 0 Å². The van der Waals surface area contributed by atoms with Crippen molar-refractivity contribution in [3.63, 3.8) is 0 Å². The van der Waals surface area contributed by atoms with Crippen LogP contribution < -0.4 is 5.73 Å². The van der Waals surface area contributed by atoms with E-state index in [4.69, 9.17) is 22.6 Å². The van der Waals surface area contributed by atoms with E-state index in [1.807, 2.05) is 24.3 Å². The number of para-hydroxylation sites is 2. The van der Waals surface area contributed by atoms with Crippen molar-refractivity contribution in [1.82, 2.24) is 14.5 Å². The Morgan fingerprint density at radius 1 is 1.35 bits per heavy atom. The maximum Gasteiger partial charge on any atom is 0.162 e. The lowest BCUT2D eigenvalue weighted by Crippen LogP contribution is -2.06. The summed E-state index contributed by atoms with van der Waals surface area (Å²) < 4.78 is 1.80. The summed E-state index contributed by atoms with van der Waals surface area (Å²) in [7, 11) is 0. The Morgan fingerprint density at radius 2 is 2.15 bits per heavy atom. The number of pyridine rings is 1. The van der Waals surface area contributed by atoms with Gasteiger partial charge in [0.1, 0.15) is 5.82 Å². The molecule has 6 heteroatoms. The first kappa shape index (κ1) is 12.5. The van der Waals surface area contributed by atoms with Crippen LogP contribution in [0.25, 0.3) is 16.9 Å². The van der Waals surface area contributed by atoms with Crippen molar-refractivity contribution < 1.29 is 0 Å². The third-order valence-corrected chi connectivity index (χ3v) is 3.15. The molecule has 0 saturated carbocycles. The minimum Gasteiger partial charge on any atom is -0.396 e. The molecule has 3 aromatic rings. The summed E-state index contributed by atoms with van der Waals surface area (Å²) in [5, 5.41) is 9.42. The van der Waals surface area contributed by atoms with Gasteiger partial charge in [-0.25, -0.2) is 9.97 Å². The Bertz CT molecular complexity index is 831. The fourth-order valence-electron chi connectivity index (χ4n) is 2.14. The number of nitriles is 1. The van der Waals surface area contributed by atoms with E-state index in [1.54, 1.807) is 10.6 Å². The molecule has 3 rings (SSSR count). The van der Waals surface area contributed by atoms with Gasteiger partial charge < -0.3 is 5.73 Å². The maximum absolute atomic E-state index is 8.95. The highest BCUT2D eigenvalue weighted by Crippen LogP contribution is 2.25. The Morgan fingerprint density at radius 3 is 2.90 bits per heavy atom. The molecule has 2 heterocycles. The summed E-state index contributed by atoms with van der Waals surface area (Å²) in [6, 6.07) is 11.3. The Balaban J connectivity index is 2.33. The lowest BCUT2D eigenvalue weighted by atomic mass is 10.3. The van der Waals surface area contributed by atoms with E-state index in [9.17, 15) is 0 Å². The number of anilines is 1. The second-order valence-corrected chi connectivity index (χ2v) is 4.69. The maximum atomic E-state index is 8.95. The third-order valence-electron chi connectivity index (χ3n) is 2.94. The van der Waals surface area contributed by atoms with Gasteiger partial charge in [-0.2, -0.15) is 5.26 Å². The van der Waals surface area contributed by atoms with Crippen molar-refractivity contribution in [2.45, 2.75) is 6.42 Å². The summed E-state index contributed by atoms with van der Waals surface area (Å²) >= 11 is 5.88. The highest BCUT2D eigenvalue weighted by atomic mass is 35.5. The number of nitrogens with two attached hydrogens (primary N) is 1. The number of hydrogen-bond donors (Lipinski definition) is 1. The van der Waals surface area contributed by atoms with Crippen LogP contribution in [0.4, 0.5) is 5.69 Å². The molecule has 0 atom stereocenters. The lowest BCUT2D eigenvalue weighted by molar-refractivity contribution is 0.924. The number of benzene rings is 1. The minimum atomic E-state index is 0.179. The third kappa shape index (κ3) is 1.96. The predicted octanol–water partition coefficient (Wildman–Crippen LogP) is 2.72. The van der Waals surface area contributed by atoms with E-state index in [0.29, 0.717) is 22.4 Å². The monoisotopic (exact) mass is 283 g/mol. The molecule has 2 aromatic heterocycles. The molecule has 0 bridgehead atoms. The lowest BCUT2D eigenvalue weighted by Gasteiger charge is -2.09. The zero-order chi connectivity index (χ0) is 14.1. The van der Waals surface area contributed by atoms with Crippen LogP contribution in [0.15, 0.2) is 36.5 Å². The quantitative estimate of drug-likeness (QED) is 0.784. The number of aromatic nitrogens is 3. The Kier molecular flexibility index (Phi) is 3.01. The number of hydrogen-bond acceptors (Lipinski definition) is 4. The number of fused-ring (bicyclic) bond motifs is 1. The Hall–Kier alpha value is -2.58. The van der Waals surface area contributed by atoms with E-state index in [1.165, 1.54) is 6.20 Å². The fraction of sp³-hybridized carbons (Fsp3) is 0.0714. The molecule has 0 radical (unpaired) electrons. The van der Waals surface area contributed by atoms with Gasteiger partial charge in [0, 0.05) is 6.20 Å². The first-order chi connectivity index (χ1) is 9.70. The molecule has 0 spiro atoms. The number of rotatable bonds is 2. The topological polar surface area (TPSA) is 80.5 Å². The van der Waals surface area contributed by atoms with E-state index < -0.39 is 0 Å². The molecule has 1 aromatic carbocycles. The van der Waals surface area contributed by atoms with Gasteiger partial charge in [-0.3, -0.25) is 4.57 Å². The summed E-state index contributed by atoms with van der Waals surface area (Å²) in [4.78, 5) is 8.72. The number of nitrogen functional groups attached to an aromatic ring is 1. The summed E-state index contributed by atoms with van der Waals surface area (Å²) in [6.45, 7) is 0. The average molecular weight is 284 g/mol. The molecule has 0 fully saturated rings. The second kappa shape index (κ2) is 4.83. The normalized spacial score (nSPS) is 10.6.